The van der Waals surface area contributed by atoms with Gasteiger partial charge in [0.25, 0.3) is 0 Å². The van der Waals surface area contributed by atoms with E-state index in [1.54, 1.807) is 0 Å². The maximum absolute atomic E-state index is 11.5. The van der Waals surface area contributed by atoms with Crippen molar-refractivity contribution in [1.82, 2.24) is 4.90 Å². The van der Waals surface area contributed by atoms with Crippen LogP contribution in [0.4, 0.5) is 0 Å². The van der Waals surface area contributed by atoms with Crippen LogP contribution in [0.1, 0.15) is 30.9 Å². The summed E-state index contributed by atoms with van der Waals surface area (Å²) in [6.45, 7) is 4.77. The lowest BCUT2D eigenvalue weighted by Gasteiger charge is -2.23. The van der Waals surface area contributed by atoms with Gasteiger partial charge in [0.1, 0.15) is 5.75 Å². The first-order chi connectivity index (χ1) is 10.0. The lowest BCUT2D eigenvalue weighted by atomic mass is 9.84. The van der Waals surface area contributed by atoms with Gasteiger partial charge in [0.05, 0.1) is 12.0 Å². The van der Waals surface area contributed by atoms with E-state index in [0.29, 0.717) is 32.5 Å². The Morgan fingerprint density at radius 3 is 3.00 bits per heavy atom. The van der Waals surface area contributed by atoms with E-state index in [1.165, 1.54) is 0 Å². The van der Waals surface area contributed by atoms with Gasteiger partial charge in [0.2, 0.25) is 0 Å². The van der Waals surface area contributed by atoms with Crippen molar-refractivity contribution in [1.29, 1.82) is 0 Å². The van der Waals surface area contributed by atoms with Crippen molar-refractivity contribution in [2.24, 2.45) is 5.41 Å². The van der Waals surface area contributed by atoms with Crippen molar-refractivity contribution in [3.8, 4) is 5.75 Å². The van der Waals surface area contributed by atoms with Crippen LogP contribution in [-0.2, 0) is 17.8 Å². The van der Waals surface area contributed by atoms with Crippen LogP contribution >= 0.6 is 11.6 Å². The molecule has 1 unspecified atom stereocenters. The fraction of sp³-hybridized carbons (Fsp3) is 0.562. The van der Waals surface area contributed by atoms with E-state index in [4.69, 9.17) is 16.3 Å². The third kappa shape index (κ3) is 2.62. The number of carbonyl (C=O) groups is 1. The zero-order valence-electron chi connectivity index (χ0n) is 12.2. The molecule has 1 atom stereocenters. The highest BCUT2D eigenvalue weighted by atomic mass is 35.5. The molecule has 0 saturated carbocycles. The number of benzene rings is 1. The van der Waals surface area contributed by atoms with E-state index in [9.17, 15) is 9.90 Å². The van der Waals surface area contributed by atoms with Gasteiger partial charge in [-0.25, -0.2) is 0 Å². The fourth-order valence-electron chi connectivity index (χ4n) is 3.41. The normalized spacial score (nSPS) is 24.9. The van der Waals surface area contributed by atoms with Crippen molar-refractivity contribution in [3.63, 3.8) is 0 Å². The van der Waals surface area contributed by atoms with Crippen molar-refractivity contribution >= 4 is 17.6 Å². The number of aliphatic carboxylic acids is 1. The van der Waals surface area contributed by atoms with Gasteiger partial charge >= 0.3 is 5.97 Å². The van der Waals surface area contributed by atoms with E-state index in [1.807, 2.05) is 19.1 Å². The number of likely N-dealkylation sites (tertiary alicyclic amines) is 1. The number of carboxylic acids is 1. The van der Waals surface area contributed by atoms with Crippen LogP contribution in [0, 0.1) is 5.41 Å². The van der Waals surface area contributed by atoms with Gasteiger partial charge in [-0.3, -0.25) is 9.69 Å². The number of rotatable bonds is 4. The summed E-state index contributed by atoms with van der Waals surface area (Å²) < 4.78 is 5.72. The van der Waals surface area contributed by atoms with Crippen molar-refractivity contribution in [2.75, 3.05) is 19.7 Å². The van der Waals surface area contributed by atoms with E-state index in [0.717, 1.165) is 34.9 Å². The van der Waals surface area contributed by atoms with Gasteiger partial charge in [-0.1, -0.05) is 18.5 Å². The Hall–Kier alpha value is -1.26. The summed E-state index contributed by atoms with van der Waals surface area (Å²) in [5.41, 5.74) is 1.65. The number of halogens is 1. The Morgan fingerprint density at radius 1 is 1.52 bits per heavy atom. The smallest absolute Gasteiger partial charge is 0.310 e. The molecule has 21 heavy (non-hydrogen) atoms. The monoisotopic (exact) mass is 309 g/mol. The number of hydrogen-bond acceptors (Lipinski definition) is 3. The molecule has 0 bridgehead atoms. The molecule has 2 aliphatic heterocycles. The predicted octanol–water partition coefficient (Wildman–Crippen LogP) is 2.96. The van der Waals surface area contributed by atoms with Crippen LogP contribution in [0.5, 0.6) is 5.75 Å². The minimum Gasteiger partial charge on any atom is -0.493 e. The molecule has 1 aromatic carbocycles. The Bertz CT molecular complexity index is 575. The van der Waals surface area contributed by atoms with E-state index < -0.39 is 11.4 Å². The van der Waals surface area contributed by atoms with Crippen LogP contribution in [0.3, 0.4) is 0 Å². The Kier molecular flexibility index (Phi) is 3.84. The predicted molar refractivity (Wildman–Crippen MR) is 80.9 cm³/mol. The van der Waals surface area contributed by atoms with Gasteiger partial charge in [0, 0.05) is 30.1 Å². The maximum atomic E-state index is 11.5. The molecule has 1 saturated heterocycles. The molecule has 1 N–H and O–H groups in total. The zero-order chi connectivity index (χ0) is 15.0. The molecule has 1 fully saturated rings. The molecule has 0 aliphatic carbocycles. The molecule has 1 aromatic rings. The molecule has 0 spiro atoms. The topological polar surface area (TPSA) is 49.8 Å². The Labute approximate surface area is 129 Å². The molecule has 4 nitrogen and oxygen atoms in total. The molecule has 114 valence electrons. The van der Waals surface area contributed by atoms with E-state index >= 15 is 0 Å². The first kappa shape index (κ1) is 14.7. The summed E-state index contributed by atoms with van der Waals surface area (Å²) in [6.07, 6.45) is 2.28. The van der Waals surface area contributed by atoms with E-state index in [-0.39, 0.29) is 0 Å². The third-order valence-electron chi connectivity index (χ3n) is 4.78. The van der Waals surface area contributed by atoms with Crippen LogP contribution < -0.4 is 4.74 Å². The quantitative estimate of drug-likeness (QED) is 0.929. The highest BCUT2D eigenvalue weighted by molar-refractivity contribution is 6.30. The molecule has 2 aliphatic rings. The van der Waals surface area contributed by atoms with Gasteiger partial charge in [-0.15, -0.1) is 0 Å². The molecule has 0 aromatic heterocycles. The largest absolute Gasteiger partial charge is 0.493 e. The van der Waals surface area contributed by atoms with Gasteiger partial charge in [0.15, 0.2) is 0 Å². The Balaban J connectivity index is 1.79. The zero-order valence-corrected chi connectivity index (χ0v) is 12.9. The highest BCUT2D eigenvalue weighted by Crippen LogP contribution is 2.38. The van der Waals surface area contributed by atoms with Crippen molar-refractivity contribution < 1.29 is 14.6 Å². The molecule has 3 rings (SSSR count). The lowest BCUT2D eigenvalue weighted by molar-refractivity contribution is -0.148. The van der Waals surface area contributed by atoms with Crippen molar-refractivity contribution in [3.05, 3.63) is 28.3 Å². The number of carboxylic acid groups (broad SMARTS) is 1. The van der Waals surface area contributed by atoms with Crippen LogP contribution in [-0.4, -0.2) is 35.7 Å². The standard InChI is InChI=1S/C16H20ClNO3/c1-2-16(15(19)20)4-5-18(10-16)9-12-8-13(17)7-11-3-6-21-14(11)12/h7-8H,2-6,9-10H2,1H3,(H,19,20). The molecule has 0 radical (unpaired) electrons. The first-order valence-corrected chi connectivity index (χ1v) is 7.82. The average molecular weight is 310 g/mol. The number of ether oxygens (including phenoxy) is 1. The van der Waals surface area contributed by atoms with Crippen LogP contribution in [0.2, 0.25) is 5.02 Å². The second-order valence-corrected chi connectivity index (χ2v) is 6.49. The van der Waals surface area contributed by atoms with Gasteiger partial charge in [-0.05, 0) is 37.1 Å². The summed E-state index contributed by atoms with van der Waals surface area (Å²) in [7, 11) is 0. The highest BCUT2D eigenvalue weighted by Gasteiger charge is 2.43. The molecule has 0 amide bonds. The number of fused-ring (bicyclic) bond motifs is 1. The third-order valence-corrected chi connectivity index (χ3v) is 5.00. The van der Waals surface area contributed by atoms with Crippen LogP contribution in [0.25, 0.3) is 0 Å². The summed E-state index contributed by atoms with van der Waals surface area (Å²) in [6, 6.07) is 3.91. The summed E-state index contributed by atoms with van der Waals surface area (Å²) in [4.78, 5) is 13.7. The second kappa shape index (κ2) is 5.50. The van der Waals surface area contributed by atoms with Crippen LogP contribution in [0.15, 0.2) is 12.1 Å². The number of hydrogen-bond donors (Lipinski definition) is 1. The van der Waals surface area contributed by atoms with Gasteiger partial charge < -0.3 is 9.84 Å². The summed E-state index contributed by atoms with van der Waals surface area (Å²) >= 11 is 6.18. The minimum atomic E-state index is -0.680. The van der Waals surface area contributed by atoms with E-state index in [2.05, 4.69) is 4.90 Å². The first-order valence-electron chi connectivity index (χ1n) is 7.44. The molecule has 5 heteroatoms. The Morgan fingerprint density at radius 2 is 2.33 bits per heavy atom. The lowest BCUT2D eigenvalue weighted by Crippen LogP contribution is -2.33. The second-order valence-electron chi connectivity index (χ2n) is 6.05. The minimum absolute atomic E-state index is 0.595. The van der Waals surface area contributed by atoms with Gasteiger partial charge in [-0.2, -0.15) is 0 Å². The molecular formula is C16H20ClNO3. The SMILES string of the molecule is CCC1(C(=O)O)CCN(Cc2cc(Cl)cc3c2OCC3)C1. The summed E-state index contributed by atoms with van der Waals surface area (Å²) in [5, 5.41) is 10.2. The average Bonchev–Trinajstić information content (AvgIpc) is 3.05. The maximum Gasteiger partial charge on any atom is 0.310 e. The number of nitrogens with zero attached hydrogens (tertiary/aromatic N) is 1. The van der Waals surface area contributed by atoms with Crippen molar-refractivity contribution in [2.45, 2.75) is 32.7 Å². The molecule has 2 heterocycles. The fourth-order valence-corrected chi connectivity index (χ4v) is 3.68. The summed E-state index contributed by atoms with van der Waals surface area (Å²) in [5.74, 6) is 0.267. The molecular weight excluding hydrogens is 290 g/mol.